The molecule has 0 radical (unpaired) electrons. The number of nitrogens with zero attached hydrogens (tertiary/aromatic N) is 4. The third kappa shape index (κ3) is 3.03. The molecular formula is C23H16ClN5OS. The molecule has 0 atom stereocenters. The minimum absolute atomic E-state index is 0.210. The molecule has 0 amide bonds. The SMILES string of the molecule is CCc1n[nH]c(=O)c2ccc(-c3cnn(C)c3-c3sc4ccc(Cl)cc4c3C#N)cc12. The average Bonchev–Trinajstić information content (AvgIpc) is 3.33. The number of fused-ring (bicyclic) bond motifs is 2. The third-order valence-electron chi connectivity index (χ3n) is 5.43. The largest absolute Gasteiger partial charge is 0.272 e. The fraction of sp³-hybridized carbons (Fsp3) is 0.130. The topological polar surface area (TPSA) is 87.4 Å². The number of thiophene rings is 1. The van der Waals surface area contributed by atoms with E-state index in [2.05, 4.69) is 21.4 Å². The molecule has 0 unspecified atom stereocenters. The Morgan fingerprint density at radius 2 is 2.03 bits per heavy atom. The van der Waals surface area contributed by atoms with E-state index >= 15 is 0 Å². The zero-order valence-electron chi connectivity index (χ0n) is 16.7. The van der Waals surface area contributed by atoms with E-state index in [1.807, 2.05) is 50.4 Å². The molecule has 0 fully saturated rings. The lowest BCUT2D eigenvalue weighted by Gasteiger charge is -2.08. The molecule has 0 aliphatic carbocycles. The van der Waals surface area contributed by atoms with Crippen LogP contribution in [0.3, 0.4) is 0 Å². The van der Waals surface area contributed by atoms with Crippen LogP contribution in [0.15, 0.2) is 47.4 Å². The fourth-order valence-electron chi connectivity index (χ4n) is 3.92. The van der Waals surface area contributed by atoms with E-state index < -0.39 is 0 Å². The first-order valence-corrected chi connectivity index (χ1v) is 10.9. The van der Waals surface area contributed by atoms with Crippen LogP contribution in [0.2, 0.25) is 5.02 Å². The normalized spacial score (nSPS) is 11.3. The van der Waals surface area contributed by atoms with Crippen molar-refractivity contribution in [3.8, 4) is 27.8 Å². The van der Waals surface area contributed by atoms with Crippen LogP contribution in [0.4, 0.5) is 0 Å². The second-order valence-corrected chi connectivity index (χ2v) is 8.69. The van der Waals surface area contributed by atoms with Crippen LogP contribution in [0.1, 0.15) is 18.2 Å². The molecular weight excluding hydrogens is 430 g/mol. The van der Waals surface area contributed by atoms with Crippen molar-refractivity contribution in [2.24, 2.45) is 7.05 Å². The quantitative estimate of drug-likeness (QED) is 0.408. The summed E-state index contributed by atoms with van der Waals surface area (Å²) in [6.07, 6.45) is 2.49. The van der Waals surface area contributed by atoms with E-state index in [9.17, 15) is 10.1 Å². The molecule has 6 nitrogen and oxygen atoms in total. The highest BCUT2D eigenvalue weighted by molar-refractivity contribution is 7.22. The summed E-state index contributed by atoms with van der Waals surface area (Å²) in [5.74, 6) is 0. The Labute approximate surface area is 186 Å². The molecule has 0 saturated heterocycles. The van der Waals surface area contributed by atoms with Crippen molar-refractivity contribution in [2.75, 3.05) is 0 Å². The average molecular weight is 446 g/mol. The molecule has 0 aliphatic rings. The van der Waals surface area contributed by atoms with Crippen molar-refractivity contribution in [3.05, 3.63) is 69.2 Å². The summed E-state index contributed by atoms with van der Waals surface area (Å²) in [7, 11) is 1.86. The molecule has 5 rings (SSSR count). The number of rotatable bonds is 3. The lowest BCUT2D eigenvalue weighted by molar-refractivity contribution is 0.777. The van der Waals surface area contributed by atoms with Gasteiger partial charge in [-0.3, -0.25) is 9.48 Å². The van der Waals surface area contributed by atoms with Crippen molar-refractivity contribution in [1.29, 1.82) is 5.26 Å². The molecule has 8 heteroatoms. The van der Waals surface area contributed by atoms with Gasteiger partial charge in [-0.2, -0.15) is 15.5 Å². The Bertz CT molecular complexity index is 1590. The van der Waals surface area contributed by atoms with Gasteiger partial charge in [0.1, 0.15) is 6.07 Å². The fourth-order valence-corrected chi connectivity index (χ4v) is 5.32. The zero-order valence-corrected chi connectivity index (χ0v) is 18.3. The maximum atomic E-state index is 12.2. The Hall–Kier alpha value is -3.47. The van der Waals surface area contributed by atoms with Gasteiger partial charge in [-0.1, -0.05) is 24.6 Å². The molecule has 1 N–H and O–H groups in total. The first kappa shape index (κ1) is 19.5. The number of benzene rings is 2. The molecule has 5 aromatic rings. The van der Waals surface area contributed by atoms with Gasteiger partial charge in [0.05, 0.1) is 33.4 Å². The number of aromatic amines is 1. The Balaban J connectivity index is 1.79. The summed E-state index contributed by atoms with van der Waals surface area (Å²) in [6.45, 7) is 2.00. The van der Waals surface area contributed by atoms with Crippen LogP contribution in [0.25, 0.3) is 42.6 Å². The van der Waals surface area contributed by atoms with Gasteiger partial charge in [-0.25, -0.2) is 5.10 Å². The van der Waals surface area contributed by atoms with Crippen molar-refractivity contribution < 1.29 is 0 Å². The molecule has 3 aromatic heterocycles. The predicted molar refractivity (Wildman–Crippen MR) is 124 cm³/mol. The molecule has 31 heavy (non-hydrogen) atoms. The predicted octanol–water partition coefficient (Wildman–Crippen LogP) is 5.29. The molecule has 0 aliphatic heterocycles. The van der Waals surface area contributed by atoms with Gasteiger partial charge < -0.3 is 0 Å². The summed E-state index contributed by atoms with van der Waals surface area (Å²) in [5.41, 5.74) is 3.86. The van der Waals surface area contributed by atoms with Gasteiger partial charge in [-0.05, 0) is 42.3 Å². The summed E-state index contributed by atoms with van der Waals surface area (Å²) in [4.78, 5) is 13.1. The molecule has 0 spiro atoms. The number of aryl methyl sites for hydroxylation is 2. The van der Waals surface area contributed by atoms with E-state index in [1.54, 1.807) is 22.2 Å². The molecule has 3 heterocycles. The lowest BCUT2D eigenvalue weighted by Crippen LogP contribution is -2.10. The summed E-state index contributed by atoms with van der Waals surface area (Å²) in [5, 5.41) is 24.0. The Kier molecular flexibility index (Phi) is 4.62. The zero-order chi connectivity index (χ0) is 21.7. The monoisotopic (exact) mass is 445 g/mol. The first-order valence-electron chi connectivity index (χ1n) is 9.68. The van der Waals surface area contributed by atoms with Crippen molar-refractivity contribution in [3.63, 3.8) is 0 Å². The summed E-state index contributed by atoms with van der Waals surface area (Å²) in [6, 6.07) is 13.6. The second kappa shape index (κ2) is 7.34. The number of hydrogen-bond donors (Lipinski definition) is 1. The van der Waals surface area contributed by atoms with Crippen LogP contribution < -0.4 is 5.56 Å². The molecule has 2 aromatic carbocycles. The van der Waals surface area contributed by atoms with Crippen LogP contribution in [0, 0.1) is 11.3 Å². The maximum Gasteiger partial charge on any atom is 0.272 e. The second-order valence-electron chi connectivity index (χ2n) is 7.20. The lowest BCUT2D eigenvalue weighted by atomic mass is 9.99. The number of aromatic nitrogens is 4. The number of nitrogens with one attached hydrogen (secondary N) is 1. The van der Waals surface area contributed by atoms with Gasteiger partial charge in [0.25, 0.3) is 5.56 Å². The number of H-pyrrole nitrogens is 1. The standard InChI is InChI=1S/C23H16ClN5OS/c1-3-19-15-8-12(4-6-14(15)23(30)28-27-19)18-11-26-29(2)21(18)22-17(10-25)16-9-13(24)5-7-20(16)31-22/h4-9,11H,3H2,1-2H3,(H,28,30). The van der Waals surface area contributed by atoms with E-state index in [4.69, 9.17) is 11.6 Å². The molecule has 0 saturated carbocycles. The molecule has 0 bridgehead atoms. The summed E-state index contributed by atoms with van der Waals surface area (Å²) >= 11 is 7.72. The van der Waals surface area contributed by atoms with Crippen LogP contribution in [-0.2, 0) is 13.5 Å². The Morgan fingerprint density at radius 3 is 2.81 bits per heavy atom. The van der Waals surface area contributed by atoms with Crippen molar-refractivity contribution in [1.82, 2.24) is 20.0 Å². The molecule has 152 valence electrons. The van der Waals surface area contributed by atoms with Crippen LogP contribution in [0.5, 0.6) is 0 Å². The van der Waals surface area contributed by atoms with E-state index in [1.165, 1.54) is 0 Å². The van der Waals surface area contributed by atoms with Gasteiger partial charge in [0, 0.05) is 33.1 Å². The van der Waals surface area contributed by atoms with Crippen molar-refractivity contribution in [2.45, 2.75) is 13.3 Å². The van der Waals surface area contributed by atoms with Crippen LogP contribution in [-0.4, -0.2) is 20.0 Å². The van der Waals surface area contributed by atoms with Crippen LogP contribution >= 0.6 is 22.9 Å². The maximum absolute atomic E-state index is 12.2. The highest BCUT2D eigenvalue weighted by atomic mass is 35.5. The van der Waals surface area contributed by atoms with Gasteiger partial charge in [0.15, 0.2) is 0 Å². The van der Waals surface area contributed by atoms with E-state index in [-0.39, 0.29) is 5.56 Å². The highest BCUT2D eigenvalue weighted by Gasteiger charge is 2.21. The minimum atomic E-state index is -0.210. The number of hydrogen-bond acceptors (Lipinski definition) is 5. The minimum Gasteiger partial charge on any atom is -0.267 e. The number of halogens is 1. The van der Waals surface area contributed by atoms with E-state index in [0.29, 0.717) is 22.4 Å². The van der Waals surface area contributed by atoms with Crippen molar-refractivity contribution >= 4 is 43.8 Å². The smallest absolute Gasteiger partial charge is 0.267 e. The van der Waals surface area contributed by atoms with Gasteiger partial charge in [-0.15, -0.1) is 11.3 Å². The van der Waals surface area contributed by atoms with E-state index in [0.717, 1.165) is 42.9 Å². The summed E-state index contributed by atoms with van der Waals surface area (Å²) < 4.78 is 2.77. The number of nitriles is 1. The third-order valence-corrected chi connectivity index (χ3v) is 6.84. The highest BCUT2D eigenvalue weighted by Crippen LogP contribution is 2.43. The van der Waals surface area contributed by atoms with Gasteiger partial charge >= 0.3 is 0 Å². The first-order chi connectivity index (χ1) is 15.0. The Morgan fingerprint density at radius 1 is 1.19 bits per heavy atom. The van der Waals surface area contributed by atoms with Gasteiger partial charge in [0.2, 0.25) is 0 Å².